The van der Waals surface area contributed by atoms with Gasteiger partial charge in [0, 0.05) is 24.5 Å². The smallest absolute Gasteiger partial charge is 0.277 e. The molecular weight excluding hydrogens is 316 g/mol. The summed E-state index contributed by atoms with van der Waals surface area (Å²) in [4.78, 5) is 28.1. The number of amides is 1. The third kappa shape index (κ3) is 4.38. The van der Waals surface area contributed by atoms with E-state index in [0.29, 0.717) is 12.2 Å². The summed E-state index contributed by atoms with van der Waals surface area (Å²) in [6.07, 6.45) is 4.93. The van der Waals surface area contributed by atoms with Crippen LogP contribution in [0.15, 0.2) is 65.7 Å². The normalized spacial score (nSPS) is 10.4. The fourth-order valence-electron chi connectivity index (χ4n) is 2.48. The summed E-state index contributed by atoms with van der Waals surface area (Å²) in [7, 11) is 0. The van der Waals surface area contributed by atoms with Gasteiger partial charge in [-0.2, -0.15) is 5.10 Å². The Hall–Kier alpha value is -3.28. The van der Waals surface area contributed by atoms with Crippen LogP contribution >= 0.6 is 0 Å². The van der Waals surface area contributed by atoms with Crippen LogP contribution in [0.25, 0.3) is 11.3 Å². The molecule has 126 valence electrons. The second-order valence-electron chi connectivity index (χ2n) is 5.58. The summed E-state index contributed by atoms with van der Waals surface area (Å²) in [6.45, 7) is 0.500. The number of hydrogen-bond donors (Lipinski definition) is 2. The first kappa shape index (κ1) is 16.6. The first-order chi connectivity index (χ1) is 12.2. The average Bonchev–Trinajstić information content (AvgIpc) is 2.67. The lowest BCUT2D eigenvalue weighted by Crippen LogP contribution is -2.31. The number of aromatic amines is 1. The highest BCUT2D eigenvalue weighted by atomic mass is 16.2. The van der Waals surface area contributed by atoms with Crippen LogP contribution in [-0.2, 0) is 6.42 Å². The molecule has 6 heteroatoms. The lowest BCUT2D eigenvalue weighted by Gasteiger charge is -2.06. The lowest BCUT2D eigenvalue weighted by atomic mass is 10.1. The highest BCUT2D eigenvalue weighted by molar-refractivity contribution is 5.94. The second kappa shape index (κ2) is 8.01. The summed E-state index contributed by atoms with van der Waals surface area (Å²) in [5.41, 5.74) is 2.08. The van der Waals surface area contributed by atoms with E-state index in [9.17, 15) is 9.59 Å². The summed E-state index contributed by atoms with van der Waals surface area (Å²) < 4.78 is 0. The molecule has 0 unspecified atom stereocenters. The number of aryl methyl sites for hydroxylation is 1. The molecule has 1 amide bonds. The van der Waals surface area contributed by atoms with Crippen LogP contribution < -0.4 is 10.9 Å². The molecule has 0 radical (unpaired) electrons. The molecule has 0 aliphatic heterocycles. The van der Waals surface area contributed by atoms with Crippen molar-refractivity contribution in [1.29, 1.82) is 0 Å². The van der Waals surface area contributed by atoms with E-state index in [0.717, 1.165) is 18.4 Å². The third-order valence-corrected chi connectivity index (χ3v) is 3.79. The minimum absolute atomic E-state index is 0.0570. The Balaban J connectivity index is 1.63. The molecule has 0 aliphatic carbocycles. The van der Waals surface area contributed by atoms with E-state index in [4.69, 9.17) is 0 Å². The average molecular weight is 334 g/mol. The number of nitrogens with one attached hydrogen (secondary N) is 2. The number of aromatic nitrogens is 3. The summed E-state index contributed by atoms with van der Waals surface area (Å²) in [5, 5.41) is 9.15. The molecule has 0 saturated carbocycles. The van der Waals surface area contributed by atoms with Gasteiger partial charge < -0.3 is 5.32 Å². The minimum Gasteiger partial charge on any atom is -0.352 e. The van der Waals surface area contributed by atoms with Gasteiger partial charge in [0.2, 0.25) is 0 Å². The van der Waals surface area contributed by atoms with Crippen LogP contribution in [0.3, 0.4) is 0 Å². The quantitative estimate of drug-likeness (QED) is 0.677. The molecular formula is C19H18N4O2. The minimum atomic E-state index is -0.502. The van der Waals surface area contributed by atoms with Gasteiger partial charge in [0.25, 0.3) is 11.5 Å². The maximum Gasteiger partial charge on any atom is 0.277 e. The van der Waals surface area contributed by atoms with E-state index in [2.05, 4.69) is 32.6 Å². The Bertz CT molecular complexity index is 892. The van der Waals surface area contributed by atoms with Crippen LogP contribution in [0.2, 0.25) is 0 Å². The van der Waals surface area contributed by atoms with E-state index < -0.39 is 11.5 Å². The monoisotopic (exact) mass is 334 g/mol. The maximum absolute atomic E-state index is 12.3. The molecule has 0 fully saturated rings. The number of carbonyl (C=O) groups excluding carboxylic acids is 1. The van der Waals surface area contributed by atoms with E-state index in [1.165, 1.54) is 11.6 Å². The molecule has 3 aromatic rings. The predicted octanol–water partition coefficient (Wildman–Crippen LogP) is 2.19. The van der Waals surface area contributed by atoms with Crippen molar-refractivity contribution < 1.29 is 4.79 Å². The van der Waals surface area contributed by atoms with Gasteiger partial charge in [0.15, 0.2) is 0 Å². The first-order valence-electron chi connectivity index (χ1n) is 8.06. The summed E-state index contributed by atoms with van der Waals surface area (Å²) >= 11 is 0. The Labute approximate surface area is 145 Å². The van der Waals surface area contributed by atoms with Gasteiger partial charge in [0.1, 0.15) is 5.56 Å². The van der Waals surface area contributed by atoms with E-state index in [-0.39, 0.29) is 5.56 Å². The van der Waals surface area contributed by atoms with Crippen LogP contribution in [0.4, 0.5) is 0 Å². The van der Waals surface area contributed by atoms with Crippen molar-refractivity contribution in [1.82, 2.24) is 20.5 Å². The van der Waals surface area contributed by atoms with Crippen LogP contribution in [-0.4, -0.2) is 27.6 Å². The zero-order chi connectivity index (χ0) is 17.5. The van der Waals surface area contributed by atoms with Gasteiger partial charge in [-0.05, 0) is 36.6 Å². The number of nitrogens with zero attached hydrogens (tertiary/aromatic N) is 2. The van der Waals surface area contributed by atoms with Gasteiger partial charge in [-0.15, -0.1) is 0 Å². The summed E-state index contributed by atoms with van der Waals surface area (Å²) in [6, 6.07) is 15.1. The van der Waals surface area contributed by atoms with Crippen molar-refractivity contribution in [3.05, 3.63) is 82.4 Å². The predicted molar refractivity (Wildman–Crippen MR) is 95.2 cm³/mol. The molecule has 0 aliphatic rings. The third-order valence-electron chi connectivity index (χ3n) is 3.79. The van der Waals surface area contributed by atoms with E-state index in [1.807, 2.05) is 18.2 Å². The van der Waals surface area contributed by atoms with Crippen molar-refractivity contribution in [3.63, 3.8) is 0 Å². The zero-order valence-electron chi connectivity index (χ0n) is 13.6. The standard InChI is InChI=1S/C19H18N4O2/c24-18(21-10-4-7-14-5-2-1-3-6-14)16-13-17(22-23-19(16)25)15-8-11-20-12-9-15/h1-3,5-6,8-9,11-13H,4,7,10H2,(H,21,24)(H,23,25). The van der Waals surface area contributed by atoms with Gasteiger partial charge in [-0.25, -0.2) is 5.10 Å². The van der Waals surface area contributed by atoms with Crippen molar-refractivity contribution >= 4 is 5.91 Å². The summed E-state index contributed by atoms with van der Waals surface area (Å²) in [5.74, 6) is -0.396. The Morgan fingerprint density at radius 1 is 1.08 bits per heavy atom. The first-order valence-corrected chi connectivity index (χ1v) is 8.06. The number of H-pyrrole nitrogens is 1. The fourth-order valence-corrected chi connectivity index (χ4v) is 2.48. The fraction of sp³-hybridized carbons (Fsp3) is 0.158. The molecule has 0 spiro atoms. The molecule has 2 aromatic heterocycles. The number of hydrogen-bond acceptors (Lipinski definition) is 4. The zero-order valence-corrected chi connectivity index (χ0v) is 13.6. The molecule has 0 atom stereocenters. The Kier molecular flexibility index (Phi) is 5.31. The topological polar surface area (TPSA) is 87.7 Å². The molecule has 6 nitrogen and oxygen atoms in total. The van der Waals surface area contributed by atoms with Crippen LogP contribution in [0.1, 0.15) is 22.3 Å². The molecule has 1 aromatic carbocycles. The van der Waals surface area contributed by atoms with Gasteiger partial charge in [-0.1, -0.05) is 30.3 Å². The molecule has 25 heavy (non-hydrogen) atoms. The SMILES string of the molecule is O=C(NCCCc1ccccc1)c1cc(-c2ccncc2)n[nH]c1=O. The molecule has 2 N–H and O–H groups in total. The lowest BCUT2D eigenvalue weighted by molar-refractivity contribution is 0.0951. The van der Waals surface area contributed by atoms with Crippen LogP contribution in [0, 0.1) is 0 Å². The van der Waals surface area contributed by atoms with Gasteiger partial charge >= 0.3 is 0 Å². The Morgan fingerprint density at radius 3 is 2.60 bits per heavy atom. The molecule has 3 rings (SSSR count). The highest BCUT2D eigenvalue weighted by Crippen LogP contribution is 2.14. The molecule has 0 saturated heterocycles. The van der Waals surface area contributed by atoms with Crippen molar-refractivity contribution in [2.45, 2.75) is 12.8 Å². The van der Waals surface area contributed by atoms with Gasteiger partial charge in [-0.3, -0.25) is 14.6 Å². The van der Waals surface area contributed by atoms with Crippen molar-refractivity contribution in [3.8, 4) is 11.3 Å². The van der Waals surface area contributed by atoms with E-state index in [1.54, 1.807) is 24.5 Å². The number of pyridine rings is 1. The Morgan fingerprint density at radius 2 is 1.84 bits per heavy atom. The van der Waals surface area contributed by atoms with E-state index >= 15 is 0 Å². The molecule has 2 heterocycles. The molecule has 0 bridgehead atoms. The van der Waals surface area contributed by atoms with Crippen molar-refractivity contribution in [2.24, 2.45) is 0 Å². The van der Waals surface area contributed by atoms with Crippen molar-refractivity contribution in [2.75, 3.05) is 6.54 Å². The number of carbonyl (C=O) groups is 1. The highest BCUT2D eigenvalue weighted by Gasteiger charge is 2.12. The maximum atomic E-state index is 12.3. The number of benzene rings is 1. The van der Waals surface area contributed by atoms with Gasteiger partial charge in [0.05, 0.1) is 5.69 Å². The second-order valence-corrected chi connectivity index (χ2v) is 5.58. The largest absolute Gasteiger partial charge is 0.352 e. The van der Waals surface area contributed by atoms with Crippen LogP contribution in [0.5, 0.6) is 0 Å². The number of rotatable bonds is 6.